The van der Waals surface area contributed by atoms with Gasteiger partial charge in [-0.1, -0.05) is 0 Å². The molecule has 6 nitrogen and oxygen atoms in total. The normalized spacial score (nSPS) is 11.6. The third kappa shape index (κ3) is 4.44. The molecule has 0 saturated heterocycles. The van der Waals surface area contributed by atoms with Crippen LogP contribution in [0.25, 0.3) is 0 Å². The van der Waals surface area contributed by atoms with Crippen molar-refractivity contribution in [2.45, 2.75) is 13.1 Å². The Bertz CT molecular complexity index is 520. The Labute approximate surface area is 120 Å². The predicted molar refractivity (Wildman–Crippen MR) is 76.8 cm³/mol. The van der Waals surface area contributed by atoms with Gasteiger partial charge in [-0.05, 0) is 28.1 Å². The molecule has 0 atom stereocenters. The number of rotatable bonds is 5. The number of hydrogen-bond donors (Lipinski definition) is 2. The van der Waals surface area contributed by atoms with Gasteiger partial charge in [-0.3, -0.25) is 9.67 Å². The molecule has 0 fully saturated rings. The van der Waals surface area contributed by atoms with Crippen LogP contribution in [0.1, 0.15) is 5.76 Å². The van der Waals surface area contributed by atoms with Crippen molar-refractivity contribution in [2.24, 2.45) is 4.99 Å². The lowest BCUT2D eigenvalue weighted by Crippen LogP contribution is -2.38. The van der Waals surface area contributed by atoms with Gasteiger partial charge in [0.25, 0.3) is 0 Å². The van der Waals surface area contributed by atoms with E-state index in [0.29, 0.717) is 6.54 Å². The molecule has 2 heterocycles. The maximum Gasteiger partial charge on any atom is 0.191 e. The standard InChI is InChI=1S/C12H16BrN5O/c1-14-12(16-8-11-3-2-6-19-11)15-4-5-18-9-10(13)7-17-18/h2-3,6-7,9H,4-5,8H2,1H3,(H2,14,15,16). The number of nitrogens with one attached hydrogen (secondary N) is 2. The molecular weight excluding hydrogens is 310 g/mol. The van der Waals surface area contributed by atoms with E-state index in [0.717, 1.165) is 29.3 Å². The predicted octanol–water partition coefficient (Wildman–Crippen LogP) is 1.60. The second-order valence-electron chi connectivity index (χ2n) is 3.85. The van der Waals surface area contributed by atoms with Crippen LogP contribution in [0.2, 0.25) is 0 Å². The summed E-state index contributed by atoms with van der Waals surface area (Å²) in [6.45, 7) is 2.12. The number of hydrogen-bond acceptors (Lipinski definition) is 3. The SMILES string of the molecule is CN=C(NCCn1cc(Br)cn1)NCc1ccco1. The molecule has 0 bridgehead atoms. The van der Waals surface area contributed by atoms with Crippen LogP contribution in [0.15, 0.2) is 44.7 Å². The fourth-order valence-electron chi connectivity index (χ4n) is 1.55. The van der Waals surface area contributed by atoms with Crippen LogP contribution in [0.5, 0.6) is 0 Å². The van der Waals surface area contributed by atoms with Crippen LogP contribution in [0, 0.1) is 0 Å². The molecule has 7 heteroatoms. The molecule has 0 unspecified atom stereocenters. The Morgan fingerprint density at radius 1 is 1.53 bits per heavy atom. The van der Waals surface area contributed by atoms with Crippen molar-refractivity contribution in [3.8, 4) is 0 Å². The summed E-state index contributed by atoms with van der Waals surface area (Å²) >= 11 is 3.36. The van der Waals surface area contributed by atoms with E-state index in [1.165, 1.54) is 0 Å². The first-order valence-corrected chi connectivity index (χ1v) is 6.72. The third-order valence-corrected chi connectivity index (χ3v) is 2.88. The average Bonchev–Trinajstić information content (AvgIpc) is 3.05. The number of guanidine groups is 1. The van der Waals surface area contributed by atoms with Crippen molar-refractivity contribution in [1.82, 2.24) is 20.4 Å². The van der Waals surface area contributed by atoms with Crippen molar-refractivity contribution < 1.29 is 4.42 Å². The van der Waals surface area contributed by atoms with Crippen LogP contribution >= 0.6 is 15.9 Å². The lowest BCUT2D eigenvalue weighted by atomic mass is 10.4. The van der Waals surface area contributed by atoms with E-state index in [9.17, 15) is 0 Å². The number of nitrogens with zero attached hydrogens (tertiary/aromatic N) is 3. The van der Waals surface area contributed by atoms with Gasteiger partial charge < -0.3 is 15.1 Å². The first kappa shape index (κ1) is 13.7. The Kier molecular flexibility index (Phi) is 5.02. The third-order valence-electron chi connectivity index (χ3n) is 2.47. The summed E-state index contributed by atoms with van der Waals surface area (Å²) in [6.07, 6.45) is 5.35. The van der Waals surface area contributed by atoms with E-state index in [4.69, 9.17) is 4.42 Å². The van der Waals surface area contributed by atoms with Gasteiger partial charge in [-0.25, -0.2) is 0 Å². The number of aliphatic imine (C=N–C) groups is 1. The van der Waals surface area contributed by atoms with Crippen LogP contribution in [-0.4, -0.2) is 29.3 Å². The Morgan fingerprint density at radius 2 is 2.42 bits per heavy atom. The zero-order chi connectivity index (χ0) is 13.5. The van der Waals surface area contributed by atoms with Crippen molar-refractivity contribution in [2.75, 3.05) is 13.6 Å². The van der Waals surface area contributed by atoms with Gasteiger partial charge in [0.05, 0.1) is 30.0 Å². The molecule has 0 saturated carbocycles. The number of furan rings is 1. The van der Waals surface area contributed by atoms with Gasteiger partial charge in [0.2, 0.25) is 0 Å². The molecule has 0 radical (unpaired) electrons. The fourth-order valence-corrected chi connectivity index (χ4v) is 1.88. The quantitative estimate of drug-likeness (QED) is 0.647. The van der Waals surface area contributed by atoms with Crippen molar-refractivity contribution >= 4 is 21.9 Å². The molecule has 102 valence electrons. The second kappa shape index (κ2) is 6.98. The zero-order valence-corrected chi connectivity index (χ0v) is 12.2. The molecule has 0 aliphatic heterocycles. The van der Waals surface area contributed by atoms with E-state index in [1.807, 2.05) is 23.0 Å². The fraction of sp³-hybridized carbons (Fsp3) is 0.333. The monoisotopic (exact) mass is 325 g/mol. The summed E-state index contributed by atoms with van der Waals surface area (Å²) in [4.78, 5) is 4.14. The Balaban J connectivity index is 1.71. The molecule has 2 aromatic rings. The maximum absolute atomic E-state index is 5.24. The molecule has 2 N–H and O–H groups in total. The first-order chi connectivity index (χ1) is 9.28. The highest BCUT2D eigenvalue weighted by molar-refractivity contribution is 9.10. The summed E-state index contributed by atoms with van der Waals surface area (Å²) in [5.41, 5.74) is 0. The number of halogens is 1. The molecule has 0 spiro atoms. The number of aromatic nitrogens is 2. The van der Waals surface area contributed by atoms with Gasteiger partial charge in [0.1, 0.15) is 5.76 Å². The molecule has 2 rings (SSSR count). The Morgan fingerprint density at radius 3 is 3.05 bits per heavy atom. The van der Waals surface area contributed by atoms with Crippen LogP contribution in [0.3, 0.4) is 0 Å². The van der Waals surface area contributed by atoms with E-state index in [-0.39, 0.29) is 0 Å². The van der Waals surface area contributed by atoms with Gasteiger partial charge >= 0.3 is 0 Å². The summed E-state index contributed by atoms with van der Waals surface area (Å²) in [6, 6.07) is 3.78. The van der Waals surface area contributed by atoms with Crippen LogP contribution in [0.4, 0.5) is 0 Å². The van der Waals surface area contributed by atoms with Crippen LogP contribution < -0.4 is 10.6 Å². The van der Waals surface area contributed by atoms with Gasteiger partial charge in [0, 0.05) is 19.8 Å². The van der Waals surface area contributed by atoms with Gasteiger partial charge in [-0.15, -0.1) is 0 Å². The highest BCUT2D eigenvalue weighted by Gasteiger charge is 2.00. The Hall–Kier alpha value is -1.76. The minimum Gasteiger partial charge on any atom is -0.467 e. The minimum absolute atomic E-state index is 0.611. The molecule has 0 aliphatic rings. The smallest absolute Gasteiger partial charge is 0.191 e. The second-order valence-corrected chi connectivity index (χ2v) is 4.77. The van der Waals surface area contributed by atoms with Gasteiger partial charge in [0.15, 0.2) is 5.96 Å². The van der Waals surface area contributed by atoms with E-state index in [2.05, 4.69) is 36.7 Å². The summed E-state index contributed by atoms with van der Waals surface area (Å²) in [5.74, 6) is 1.61. The zero-order valence-electron chi connectivity index (χ0n) is 10.6. The average molecular weight is 326 g/mol. The topological polar surface area (TPSA) is 67.4 Å². The lowest BCUT2D eigenvalue weighted by molar-refractivity contribution is 0.500. The molecule has 2 aromatic heterocycles. The molecule has 0 aliphatic carbocycles. The summed E-state index contributed by atoms with van der Waals surface area (Å²) < 4.78 is 8.08. The highest BCUT2D eigenvalue weighted by atomic mass is 79.9. The van der Waals surface area contributed by atoms with Crippen molar-refractivity contribution in [1.29, 1.82) is 0 Å². The first-order valence-electron chi connectivity index (χ1n) is 5.93. The van der Waals surface area contributed by atoms with Crippen molar-refractivity contribution in [3.05, 3.63) is 41.0 Å². The van der Waals surface area contributed by atoms with Gasteiger partial charge in [-0.2, -0.15) is 5.10 Å². The summed E-state index contributed by atoms with van der Waals surface area (Å²) in [7, 11) is 1.74. The van der Waals surface area contributed by atoms with Crippen molar-refractivity contribution in [3.63, 3.8) is 0 Å². The minimum atomic E-state index is 0.611. The molecule has 0 amide bonds. The molecule has 19 heavy (non-hydrogen) atoms. The largest absolute Gasteiger partial charge is 0.467 e. The molecule has 0 aromatic carbocycles. The van der Waals surface area contributed by atoms with E-state index >= 15 is 0 Å². The molecular formula is C12H16BrN5O. The highest BCUT2D eigenvalue weighted by Crippen LogP contribution is 2.05. The maximum atomic E-state index is 5.24. The summed E-state index contributed by atoms with van der Waals surface area (Å²) in [5, 5.41) is 10.6. The van der Waals surface area contributed by atoms with E-state index in [1.54, 1.807) is 19.5 Å². The van der Waals surface area contributed by atoms with Crippen LogP contribution in [-0.2, 0) is 13.1 Å². The lowest BCUT2D eigenvalue weighted by Gasteiger charge is -2.10. The van der Waals surface area contributed by atoms with E-state index < -0.39 is 0 Å².